The van der Waals surface area contributed by atoms with Crippen LogP contribution in [0.2, 0.25) is 0 Å². The van der Waals surface area contributed by atoms with Gasteiger partial charge in [-0.25, -0.2) is 0 Å². The van der Waals surface area contributed by atoms with Gasteiger partial charge in [-0.05, 0) is 20.8 Å². The summed E-state index contributed by atoms with van der Waals surface area (Å²) in [7, 11) is 0. The highest BCUT2D eigenvalue weighted by Crippen LogP contribution is 2.32. The zero-order valence-corrected chi connectivity index (χ0v) is 17.1. The largest absolute Gasteiger partial charge is 0.389 e. The summed E-state index contributed by atoms with van der Waals surface area (Å²) in [5, 5.41) is 61.0. The Kier molecular flexibility index (Phi) is 7.71. The van der Waals surface area contributed by atoms with Gasteiger partial charge in [0.2, 0.25) is 0 Å². The number of hydrogen-bond acceptors (Lipinski definition) is 12. The minimum Gasteiger partial charge on any atom is -0.389 e. The zero-order valence-electron chi connectivity index (χ0n) is 17.1. The summed E-state index contributed by atoms with van der Waals surface area (Å²) < 4.78 is 27.8. The predicted molar refractivity (Wildman–Crippen MR) is 97.6 cm³/mol. The molecule has 0 radical (unpaired) electrons. The molecule has 3 saturated heterocycles. The topological polar surface area (TPSA) is 194 Å². The molecule has 12 heteroatoms. The van der Waals surface area contributed by atoms with Crippen LogP contribution < -0.4 is 5.73 Å². The van der Waals surface area contributed by atoms with Gasteiger partial charge < -0.3 is 60.1 Å². The molecule has 0 aliphatic carbocycles. The summed E-state index contributed by atoms with van der Waals surface area (Å²) in [5.41, 5.74) is 5.92. The molecule has 12 nitrogen and oxygen atoms in total. The van der Waals surface area contributed by atoms with Gasteiger partial charge in [0.05, 0.1) is 24.4 Å². The SMILES string of the molecule is CC1OC(OC2C(O)C(C)OC(O)C2OC2OC(C)C(O)C(O)C2O)CC(N)C1O. The molecule has 0 amide bonds. The van der Waals surface area contributed by atoms with Crippen LogP contribution in [0.5, 0.6) is 0 Å². The predicted octanol–water partition coefficient (Wildman–Crippen LogP) is -3.49. The Morgan fingerprint density at radius 2 is 1.27 bits per heavy atom. The lowest BCUT2D eigenvalue weighted by Gasteiger charge is -2.47. The van der Waals surface area contributed by atoms with E-state index in [4.69, 9.17) is 29.4 Å². The Morgan fingerprint density at radius 3 is 1.90 bits per heavy atom. The van der Waals surface area contributed by atoms with Gasteiger partial charge in [0.25, 0.3) is 0 Å². The normalized spacial score (nSPS) is 55.4. The van der Waals surface area contributed by atoms with Crippen LogP contribution in [0.15, 0.2) is 0 Å². The minimum atomic E-state index is -1.62. The molecule has 176 valence electrons. The first kappa shape index (κ1) is 24.2. The molecule has 14 atom stereocenters. The second-order valence-electron chi connectivity index (χ2n) is 8.27. The Balaban J connectivity index is 1.75. The molecule has 0 bridgehead atoms. The number of rotatable bonds is 4. The van der Waals surface area contributed by atoms with Crippen LogP contribution in [0.3, 0.4) is 0 Å². The molecular formula is C18H33NO11. The molecule has 0 aromatic carbocycles. The molecule has 3 aliphatic rings. The second kappa shape index (κ2) is 9.57. The van der Waals surface area contributed by atoms with Crippen molar-refractivity contribution in [3.63, 3.8) is 0 Å². The van der Waals surface area contributed by atoms with E-state index in [-0.39, 0.29) is 6.42 Å². The van der Waals surface area contributed by atoms with Crippen LogP contribution in [0, 0.1) is 0 Å². The zero-order chi connectivity index (χ0) is 22.3. The van der Waals surface area contributed by atoms with Crippen molar-refractivity contribution in [1.29, 1.82) is 0 Å². The van der Waals surface area contributed by atoms with Gasteiger partial charge in [0.15, 0.2) is 18.9 Å². The van der Waals surface area contributed by atoms with Crippen molar-refractivity contribution in [2.24, 2.45) is 5.73 Å². The fourth-order valence-electron chi connectivity index (χ4n) is 3.93. The lowest BCUT2D eigenvalue weighted by molar-refractivity contribution is -0.373. The van der Waals surface area contributed by atoms with Crippen LogP contribution in [-0.2, 0) is 23.7 Å². The first-order valence-corrected chi connectivity index (χ1v) is 10.1. The number of ether oxygens (including phenoxy) is 5. The molecule has 3 aliphatic heterocycles. The Labute approximate surface area is 174 Å². The van der Waals surface area contributed by atoms with Gasteiger partial charge in [-0.2, -0.15) is 0 Å². The molecule has 3 fully saturated rings. The molecule has 0 aromatic rings. The Bertz CT molecular complexity index is 558. The quantitative estimate of drug-likeness (QED) is 0.229. The summed E-state index contributed by atoms with van der Waals surface area (Å²) in [5.74, 6) is 0. The third-order valence-corrected chi connectivity index (χ3v) is 5.94. The van der Waals surface area contributed by atoms with E-state index in [1.54, 1.807) is 6.92 Å². The van der Waals surface area contributed by atoms with Gasteiger partial charge in [-0.15, -0.1) is 0 Å². The van der Waals surface area contributed by atoms with E-state index >= 15 is 0 Å². The van der Waals surface area contributed by atoms with Crippen molar-refractivity contribution in [1.82, 2.24) is 0 Å². The molecule has 0 aromatic heterocycles. The first-order chi connectivity index (χ1) is 14.0. The van der Waals surface area contributed by atoms with Crippen LogP contribution >= 0.6 is 0 Å². The molecule has 0 saturated carbocycles. The summed E-state index contributed by atoms with van der Waals surface area (Å²) in [6.07, 6.45) is -15.1. The van der Waals surface area contributed by atoms with Gasteiger partial charge in [-0.3, -0.25) is 0 Å². The highest BCUT2D eigenvalue weighted by Gasteiger charge is 2.51. The van der Waals surface area contributed by atoms with Crippen LogP contribution in [-0.4, -0.2) is 117 Å². The lowest BCUT2D eigenvalue weighted by atomic mass is 9.97. The third kappa shape index (κ3) is 4.80. The van der Waals surface area contributed by atoms with Crippen molar-refractivity contribution in [2.75, 3.05) is 0 Å². The molecule has 3 rings (SSSR count). The van der Waals surface area contributed by atoms with Gasteiger partial charge in [0.1, 0.15) is 36.6 Å². The van der Waals surface area contributed by atoms with E-state index in [0.717, 1.165) is 0 Å². The van der Waals surface area contributed by atoms with E-state index in [1.807, 2.05) is 0 Å². The molecule has 30 heavy (non-hydrogen) atoms. The molecular weight excluding hydrogens is 406 g/mol. The highest BCUT2D eigenvalue weighted by molar-refractivity contribution is 4.93. The first-order valence-electron chi connectivity index (χ1n) is 10.1. The van der Waals surface area contributed by atoms with Gasteiger partial charge in [0, 0.05) is 12.5 Å². The average molecular weight is 439 g/mol. The Morgan fingerprint density at radius 1 is 0.667 bits per heavy atom. The Hall–Kier alpha value is -0.480. The maximum atomic E-state index is 10.6. The van der Waals surface area contributed by atoms with Gasteiger partial charge >= 0.3 is 0 Å². The summed E-state index contributed by atoms with van der Waals surface area (Å²) in [6, 6.07) is -0.613. The van der Waals surface area contributed by atoms with Crippen molar-refractivity contribution < 1.29 is 54.3 Å². The van der Waals surface area contributed by atoms with E-state index < -0.39 is 86.0 Å². The number of aliphatic hydroxyl groups excluding tert-OH is 6. The third-order valence-electron chi connectivity index (χ3n) is 5.94. The molecule has 0 spiro atoms. The van der Waals surface area contributed by atoms with E-state index in [0.29, 0.717) is 0 Å². The summed E-state index contributed by atoms with van der Waals surface area (Å²) in [6.45, 7) is 4.65. The van der Waals surface area contributed by atoms with Crippen molar-refractivity contribution in [3.05, 3.63) is 0 Å². The van der Waals surface area contributed by atoms with E-state index in [9.17, 15) is 30.6 Å². The molecule has 3 heterocycles. The maximum absolute atomic E-state index is 10.6. The number of hydrogen-bond donors (Lipinski definition) is 7. The summed E-state index contributed by atoms with van der Waals surface area (Å²) >= 11 is 0. The molecule has 14 unspecified atom stereocenters. The molecule has 8 N–H and O–H groups in total. The fourth-order valence-corrected chi connectivity index (χ4v) is 3.93. The highest BCUT2D eigenvalue weighted by atomic mass is 16.8. The van der Waals surface area contributed by atoms with E-state index in [2.05, 4.69) is 0 Å². The standard InChI is InChI=1S/C18H33NO11/c1-5-10(20)8(19)4-9(26-5)29-15-12(22)7(3)27-17(25)16(15)30-18-14(24)13(23)11(21)6(2)28-18/h5-18,20-25H,4,19H2,1-3H3. The van der Waals surface area contributed by atoms with Crippen molar-refractivity contribution in [2.45, 2.75) is 113 Å². The second-order valence-corrected chi connectivity index (χ2v) is 8.27. The van der Waals surface area contributed by atoms with Gasteiger partial charge in [-0.1, -0.05) is 0 Å². The average Bonchev–Trinajstić information content (AvgIpc) is 2.68. The number of aliphatic hydroxyl groups is 6. The van der Waals surface area contributed by atoms with Crippen molar-refractivity contribution in [3.8, 4) is 0 Å². The van der Waals surface area contributed by atoms with Crippen molar-refractivity contribution >= 4 is 0 Å². The summed E-state index contributed by atoms with van der Waals surface area (Å²) in [4.78, 5) is 0. The lowest BCUT2D eigenvalue weighted by Crippen LogP contribution is -2.64. The number of nitrogens with two attached hydrogens (primary N) is 1. The van der Waals surface area contributed by atoms with E-state index in [1.165, 1.54) is 13.8 Å². The fraction of sp³-hybridized carbons (Fsp3) is 1.00. The van der Waals surface area contributed by atoms with Crippen LogP contribution in [0.1, 0.15) is 27.2 Å². The monoisotopic (exact) mass is 439 g/mol. The van der Waals surface area contributed by atoms with Crippen LogP contribution in [0.4, 0.5) is 0 Å². The smallest absolute Gasteiger partial charge is 0.187 e. The minimum absolute atomic E-state index is 0.136. The van der Waals surface area contributed by atoms with Crippen LogP contribution in [0.25, 0.3) is 0 Å². The maximum Gasteiger partial charge on any atom is 0.187 e.